The van der Waals surface area contributed by atoms with E-state index in [-0.39, 0.29) is 17.2 Å². The molecule has 2 aliphatic heterocycles. The van der Waals surface area contributed by atoms with Gasteiger partial charge in [0.1, 0.15) is 0 Å². The Morgan fingerprint density at radius 1 is 1.06 bits per heavy atom. The third-order valence-corrected chi connectivity index (χ3v) is 5.72. The smallest absolute Gasteiger partial charge is 0.365 e. The van der Waals surface area contributed by atoms with Gasteiger partial charge < -0.3 is 23.9 Å². The van der Waals surface area contributed by atoms with Crippen LogP contribution < -0.4 is 4.90 Å². The summed E-state index contributed by atoms with van der Waals surface area (Å²) in [5.41, 5.74) is 2.80. The molecule has 0 spiro atoms. The molecule has 1 fully saturated rings. The van der Waals surface area contributed by atoms with Crippen LogP contribution in [0.5, 0.6) is 0 Å². The van der Waals surface area contributed by atoms with Crippen molar-refractivity contribution in [2.75, 3.05) is 31.1 Å². The number of hydrogen-bond donors (Lipinski definition) is 1. The quantitative estimate of drug-likeness (QED) is 0.395. The maximum Gasteiger partial charge on any atom is 0.365 e. The number of carbonyl (C=O) groups excluding carboxylic acids is 1. The van der Waals surface area contributed by atoms with Crippen molar-refractivity contribution in [1.29, 1.82) is 0 Å². The number of fused-ring (bicyclic) bond motifs is 2. The van der Waals surface area contributed by atoms with Crippen LogP contribution >= 0.6 is 0 Å². The molecule has 1 saturated heterocycles. The van der Waals surface area contributed by atoms with E-state index in [0.29, 0.717) is 24.0 Å². The van der Waals surface area contributed by atoms with Crippen LogP contribution in [0.1, 0.15) is 5.56 Å². The van der Waals surface area contributed by atoms with Crippen molar-refractivity contribution in [3.63, 3.8) is 0 Å². The van der Waals surface area contributed by atoms with E-state index < -0.39 is 11.8 Å². The molecule has 2 aliphatic rings. The first kappa shape index (κ1) is 18.6. The molecule has 4 heterocycles. The summed E-state index contributed by atoms with van der Waals surface area (Å²) in [6, 6.07) is 12.4. The summed E-state index contributed by atoms with van der Waals surface area (Å²) >= 11 is 0. The summed E-state index contributed by atoms with van der Waals surface area (Å²) in [4.78, 5) is 29.0. The molecule has 8 nitrogen and oxygen atoms in total. The monoisotopic (exact) mass is 431 g/mol. The van der Waals surface area contributed by atoms with E-state index in [4.69, 9.17) is 9.15 Å². The first-order valence-corrected chi connectivity index (χ1v) is 10.3. The number of rotatable bonds is 3. The molecule has 0 atom stereocenters. The number of nitrogens with one attached hydrogen (secondary N) is 1. The third kappa shape index (κ3) is 3.09. The number of benzene rings is 2. The average Bonchev–Trinajstić information content (AvgIpc) is 3.54. The zero-order valence-corrected chi connectivity index (χ0v) is 16.9. The lowest BCUT2D eigenvalue weighted by molar-refractivity contribution is -0.130. The number of esters is 1. The molecule has 32 heavy (non-hydrogen) atoms. The number of H-pyrrole nitrogens is 1. The van der Waals surface area contributed by atoms with E-state index in [2.05, 4.69) is 19.9 Å². The minimum atomic E-state index is -0.527. The molecular formula is C23H18FN5O3. The highest BCUT2D eigenvalue weighted by atomic mass is 19.1. The zero-order chi connectivity index (χ0) is 21.7. The van der Waals surface area contributed by atoms with Crippen molar-refractivity contribution in [2.24, 2.45) is 4.99 Å². The Hall–Kier alpha value is -4.14. The molecule has 0 radical (unpaired) electrons. The van der Waals surface area contributed by atoms with Crippen molar-refractivity contribution in [2.45, 2.75) is 0 Å². The standard InChI is InChI=1S/C23H18FN5O3/c24-16-6-5-15(14-7-12-31-20(14)16)21-25-19(22(30)32-21)13-28-8-10-29(11-9-28)23-26-17-3-1-2-4-18(17)27-23/h1-7,12-13H,8-11H2,(H,26,27)/b19-13+. The molecule has 9 heteroatoms. The number of aliphatic imine (C=N–C) groups is 1. The molecule has 160 valence electrons. The number of halogens is 1. The second-order valence-corrected chi connectivity index (χ2v) is 7.68. The van der Waals surface area contributed by atoms with Gasteiger partial charge in [0.15, 0.2) is 17.1 Å². The van der Waals surface area contributed by atoms with Gasteiger partial charge in [0.2, 0.25) is 11.8 Å². The van der Waals surface area contributed by atoms with Crippen LogP contribution in [0.2, 0.25) is 0 Å². The van der Waals surface area contributed by atoms with Gasteiger partial charge in [0, 0.05) is 43.3 Å². The second-order valence-electron chi connectivity index (χ2n) is 7.68. The van der Waals surface area contributed by atoms with Gasteiger partial charge in [-0.2, -0.15) is 0 Å². The van der Waals surface area contributed by atoms with Gasteiger partial charge in [-0.05, 0) is 30.3 Å². The maximum atomic E-state index is 13.9. The fraction of sp³-hybridized carbons (Fsp3) is 0.174. The van der Waals surface area contributed by atoms with E-state index in [9.17, 15) is 9.18 Å². The average molecular weight is 431 g/mol. The summed E-state index contributed by atoms with van der Waals surface area (Å²) < 4.78 is 24.4. The number of cyclic esters (lactones) is 1. The largest absolute Gasteiger partial charge is 0.461 e. The number of hydrogen-bond acceptors (Lipinski definition) is 7. The van der Waals surface area contributed by atoms with Crippen LogP contribution in [0.25, 0.3) is 22.0 Å². The topological polar surface area (TPSA) is 87.0 Å². The van der Waals surface area contributed by atoms with E-state index in [1.54, 1.807) is 12.3 Å². The van der Waals surface area contributed by atoms with Crippen LogP contribution in [-0.4, -0.2) is 52.9 Å². The maximum absolute atomic E-state index is 13.9. The molecule has 1 N–H and O–H groups in total. The van der Waals surface area contributed by atoms with Gasteiger partial charge in [0.05, 0.1) is 17.3 Å². The number of ether oxygens (including phenoxy) is 1. The van der Waals surface area contributed by atoms with Crippen LogP contribution in [0.15, 0.2) is 70.0 Å². The number of carbonyl (C=O) groups is 1. The van der Waals surface area contributed by atoms with Crippen molar-refractivity contribution in [3.8, 4) is 0 Å². The molecule has 0 saturated carbocycles. The number of furan rings is 1. The molecule has 0 aliphatic carbocycles. The summed E-state index contributed by atoms with van der Waals surface area (Å²) in [6.07, 6.45) is 3.12. The lowest BCUT2D eigenvalue weighted by Crippen LogP contribution is -2.44. The molecule has 6 rings (SSSR count). The Kier molecular flexibility index (Phi) is 4.20. The number of imidazole rings is 1. The fourth-order valence-electron chi connectivity index (χ4n) is 4.05. The number of aromatic amines is 1. The van der Waals surface area contributed by atoms with Crippen LogP contribution in [0.3, 0.4) is 0 Å². The Bertz CT molecular complexity index is 1380. The number of aromatic nitrogens is 2. The highest BCUT2D eigenvalue weighted by Crippen LogP contribution is 2.27. The highest BCUT2D eigenvalue weighted by molar-refractivity contribution is 6.15. The molecular weight excluding hydrogens is 413 g/mol. The molecule has 2 aromatic heterocycles. The summed E-state index contributed by atoms with van der Waals surface area (Å²) in [5, 5.41) is 0.511. The first-order valence-electron chi connectivity index (χ1n) is 10.3. The zero-order valence-electron chi connectivity index (χ0n) is 16.9. The van der Waals surface area contributed by atoms with Crippen molar-refractivity contribution < 1.29 is 18.3 Å². The van der Waals surface area contributed by atoms with Crippen LogP contribution in [-0.2, 0) is 9.53 Å². The van der Waals surface area contributed by atoms with Crippen LogP contribution in [0, 0.1) is 5.82 Å². The van der Waals surface area contributed by atoms with Crippen LogP contribution in [0.4, 0.5) is 10.3 Å². The Morgan fingerprint density at radius 3 is 2.75 bits per heavy atom. The normalized spacial score (nSPS) is 18.1. The highest BCUT2D eigenvalue weighted by Gasteiger charge is 2.28. The minimum absolute atomic E-state index is 0.111. The van der Waals surface area contributed by atoms with Gasteiger partial charge in [-0.1, -0.05) is 12.1 Å². The molecule has 0 amide bonds. The van der Waals surface area contributed by atoms with Gasteiger partial charge in [-0.3, -0.25) is 0 Å². The number of anilines is 1. The lowest BCUT2D eigenvalue weighted by atomic mass is 10.1. The minimum Gasteiger partial charge on any atom is -0.461 e. The van der Waals surface area contributed by atoms with Gasteiger partial charge in [-0.15, -0.1) is 0 Å². The lowest BCUT2D eigenvalue weighted by Gasteiger charge is -2.33. The first-order chi connectivity index (χ1) is 15.7. The van der Waals surface area contributed by atoms with Gasteiger partial charge >= 0.3 is 5.97 Å². The predicted octanol–water partition coefficient (Wildman–Crippen LogP) is 3.42. The van der Waals surface area contributed by atoms with Gasteiger partial charge in [0.25, 0.3) is 0 Å². The second kappa shape index (κ2) is 7.23. The van der Waals surface area contributed by atoms with E-state index in [1.807, 2.05) is 29.2 Å². The van der Waals surface area contributed by atoms with E-state index in [0.717, 1.165) is 30.1 Å². The van der Waals surface area contributed by atoms with Crippen molar-refractivity contribution in [1.82, 2.24) is 14.9 Å². The number of para-hydroxylation sites is 2. The summed E-state index contributed by atoms with van der Waals surface area (Å²) in [6.45, 7) is 2.92. The SMILES string of the molecule is O=C1OC(c2ccc(F)c3occc23)=N/C1=C/N1CCN(c2nc3ccccc3[nH]2)CC1. The molecule has 2 aromatic carbocycles. The van der Waals surface area contributed by atoms with Crippen molar-refractivity contribution in [3.05, 3.63) is 72.0 Å². The summed E-state index contributed by atoms with van der Waals surface area (Å²) in [7, 11) is 0. The molecule has 4 aromatic rings. The third-order valence-electron chi connectivity index (χ3n) is 5.72. The Morgan fingerprint density at radius 2 is 1.91 bits per heavy atom. The Labute approximate surface area is 181 Å². The number of nitrogens with zero attached hydrogens (tertiary/aromatic N) is 4. The van der Waals surface area contributed by atoms with E-state index in [1.165, 1.54) is 18.4 Å². The van der Waals surface area contributed by atoms with E-state index >= 15 is 0 Å². The number of piperazine rings is 1. The van der Waals surface area contributed by atoms with Gasteiger partial charge in [-0.25, -0.2) is 19.2 Å². The molecule has 0 unspecified atom stereocenters. The Balaban J connectivity index is 1.20. The molecule has 0 bridgehead atoms. The summed E-state index contributed by atoms with van der Waals surface area (Å²) in [5.74, 6) is -0.00877. The fourth-order valence-corrected chi connectivity index (χ4v) is 4.05. The predicted molar refractivity (Wildman–Crippen MR) is 117 cm³/mol. The van der Waals surface area contributed by atoms with Crippen molar-refractivity contribution >= 4 is 39.8 Å².